The summed E-state index contributed by atoms with van der Waals surface area (Å²) in [4.78, 5) is 12.0. The third-order valence-electron chi connectivity index (χ3n) is 5.46. The standard InChI is InChI=1S/C17H24N2O3S/c1-10-5-4-6-15(11(10)2)19-23(21,22)13-7-8-16-14(9-13)12(3)17(20)18-16/h7-12,15,19H,4-6H2,1-3H3,(H,18,20)/t10-,11-,12+,15+/m1/s1. The quantitative estimate of drug-likeness (QED) is 0.891. The maximum absolute atomic E-state index is 12.7. The van der Waals surface area contributed by atoms with Gasteiger partial charge in [0, 0.05) is 11.7 Å². The van der Waals surface area contributed by atoms with Gasteiger partial charge in [-0.25, -0.2) is 13.1 Å². The van der Waals surface area contributed by atoms with Crippen molar-refractivity contribution < 1.29 is 13.2 Å². The second-order valence-electron chi connectivity index (χ2n) is 6.96. The summed E-state index contributed by atoms with van der Waals surface area (Å²) in [7, 11) is -3.57. The zero-order chi connectivity index (χ0) is 16.8. The number of rotatable bonds is 3. The Bertz CT molecular complexity index is 729. The van der Waals surface area contributed by atoms with Crippen molar-refractivity contribution in [2.45, 2.75) is 56.9 Å². The molecule has 126 valence electrons. The highest BCUT2D eigenvalue weighted by atomic mass is 32.2. The maximum Gasteiger partial charge on any atom is 0.240 e. The highest BCUT2D eigenvalue weighted by molar-refractivity contribution is 7.89. The summed E-state index contributed by atoms with van der Waals surface area (Å²) < 4.78 is 28.3. The lowest BCUT2D eigenvalue weighted by Crippen LogP contribution is -2.43. The SMILES string of the molecule is C[C@@H]1[C@H](C)CCC[C@@H]1NS(=O)(=O)c1ccc2c(c1)[C@H](C)C(=O)N2. The number of fused-ring (bicyclic) bond motifs is 1. The number of carbonyl (C=O) groups is 1. The third kappa shape index (κ3) is 3.02. The topological polar surface area (TPSA) is 75.3 Å². The van der Waals surface area contributed by atoms with Crippen LogP contribution in [0.5, 0.6) is 0 Å². The minimum absolute atomic E-state index is 0.0193. The monoisotopic (exact) mass is 336 g/mol. The second kappa shape index (κ2) is 5.91. The Morgan fingerprint density at radius 3 is 2.65 bits per heavy atom. The van der Waals surface area contributed by atoms with E-state index in [1.165, 1.54) is 0 Å². The van der Waals surface area contributed by atoms with Gasteiger partial charge in [-0.2, -0.15) is 0 Å². The fourth-order valence-corrected chi connectivity index (χ4v) is 4.97. The van der Waals surface area contributed by atoms with E-state index >= 15 is 0 Å². The molecule has 6 heteroatoms. The van der Waals surface area contributed by atoms with Gasteiger partial charge in [0.15, 0.2) is 0 Å². The molecule has 1 saturated carbocycles. The molecule has 2 aliphatic rings. The van der Waals surface area contributed by atoms with E-state index in [1.54, 1.807) is 25.1 Å². The molecule has 0 spiro atoms. The number of hydrogen-bond donors (Lipinski definition) is 2. The molecule has 23 heavy (non-hydrogen) atoms. The zero-order valence-electron chi connectivity index (χ0n) is 13.8. The molecule has 1 amide bonds. The summed E-state index contributed by atoms with van der Waals surface area (Å²) in [6, 6.07) is 4.85. The predicted molar refractivity (Wildman–Crippen MR) is 89.8 cm³/mol. The van der Waals surface area contributed by atoms with Gasteiger partial charge in [0.1, 0.15) is 0 Å². The predicted octanol–water partition coefficient (Wildman–Crippen LogP) is 2.85. The van der Waals surface area contributed by atoms with Gasteiger partial charge >= 0.3 is 0 Å². The summed E-state index contributed by atoms with van der Waals surface area (Å²) >= 11 is 0. The van der Waals surface area contributed by atoms with E-state index in [4.69, 9.17) is 0 Å². The Morgan fingerprint density at radius 1 is 1.17 bits per heavy atom. The van der Waals surface area contributed by atoms with Crippen LogP contribution in [0.3, 0.4) is 0 Å². The van der Waals surface area contributed by atoms with Gasteiger partial charge < -0.3 is 5.32 Å². The largest absolute Gasteiger partial charge is 0.325 e. The summed E-state index contributed by atoms with van der Waals surface area (Å²) in [6.45, 7) is 6.08. The molecule has 3 rings (SSSR count). The summed E-state index contributed by atoms with van der Waals surface area (Å²) in [5.41, 5.74) is 1.46. The second-order valence-corrected chi connectivity index (χ2v) is 8.67. The Balaban J connectivity index is 1.85. The lowest BCUT2D eigenvalue weighted by molar-refractivity contribution is -0.116. The molecule has 5 nitrogen and oxygen atoms in total. The number of carbonyl (C=O) groups excluding carboxylic acids is 1. The van der Waals surface area contributed by atoms with Crippen molar-refractivity contribution >= 4 is 21.6 Å². The van der Waals surface area contributed by atoms with E-state index in [0.29, 0.717) is 17.5 Å². The van der Waals surface area contributed by atoms with Crippen LogP contribution < -0.4 is 10.0 Å². The van der Waals surface area contributed by atoms with Gasteiger partial charge in [-0.3, -0.25) is 4.79 Å². The van der Waals surface area contributed by atoms with Crippen molar-refractivity contribution in [3.05, 3.63) is 23.8 Å². The van der Waals surface area contributed by atoms with Crippen molar-refractivity contribution in [2.24, 2.45) is 11.8 Å². The minimum Gasteiger partial charge on any atom is -0.325 e. The molecule has 0 aromatic heterocycles. The number of hydrogen-bond acceptors (Lipinski definition) is 3. The number of sulfonamides is 1. The fraction of sp³-hybridized carbons (Fsp3) is 0.588. The minimum atomic E-state index is -3.57. The molecule has 0 unspecified atom stereocenters. The zero-order valence-corrected chi connectivity index (χ0v) is 14.6. The van der Waals surface area contributed by atoms with Crippen molar-refractivity contribution in [2.75, 3.05) is 5.32 Å². The van der Waals surface area contributed by atoms with Gasteiger partial charge in [0.05, 0.1) is 10.8 Å². The number of anilines is 1. The van der Waals surface area contributed by atoms with Crippen molar-refractivity contribution in [1.82, 2.24) is 4.72 Å². The Kier molecular flexibility index (Phi) is 4.23. The van der Waals surface area contributed by atoms with E-state index in [-0.39, 0.29) is 22.8 Å². The van der Waals surface area contributed by atoms with E-state index in [0.717, 1.165) is 24.8 Å². The van der Waals surface area contributed by atoms with Crippen LogP contribution in [-0.4, -0.2) is 20.4 Å². The summed E-state index contributed by atoms with van der Waals surface area (Å²) in [5, 5.41) is 2.77. The van der Waals surface area contributed by atoms with Crippen LogP contribution in [0.4, 0.5) is 5.69 Å². The van der Waals surface area contributed by atoms with Crippen LogP contribution in [0.15, 0.2) is 23.1 Å². The maximum atomic E-state index is 12.7. The lowest BCUT2D eigenvalue weighted by Gasteiger charge is -2.34. The van der Waals surface area contributed by atoms with Crippen LogP contribution in [0.2, 0.25) is 0 Å². The molecular formula is C17H24N2O3S. The molecule has 0 saturated heterocycles. The highest BCUT2D eigenvalue weighted by Gasteiger charge is 2.32. The van der Waals surface area contributed by atoms with E-state index < -0.39 is 10.0 Å². The first-order chi connectivity index (χ1) is 10.8. The van der Waals surface area contributed by atoms with Crippen LogP contribution in [-0.2, 0) is 14.8 Å². The van der Waals surface area contributed by atoms with E-state index in [9.17, 15) is 13.2 Å². The van der Waals surface area contributed by atoms with Crippen LogP contribution in [0.1, 0.15) is 51.5 Å². The normalized spacial score (nSPS) is 30.8. The Hall–Kier alpha value is -1.40. The van der Waals surface area contributed by atoms with Gasteiger partial charge in [0.25, 0.3) is 0 Å². The fourth-order valence-electron chi connectivity index (χ4n) is 3.58. The summed E-state index contributed by atoms with van der Waals surface area (Å²) in [5.74, 6) is 0.458. The smallest absolute Gasteiger partial charge is 0.240 e. The van der Waals surface area contributed by atoms with Crippen LogP contribution >= 0.6 is 0 Å². The van der Waals surface area contributed by atoms with Crippen LogP contribution in [0, 0.1) is 11.8 Å². The van der Waals surface area contributed by atoms with Crippen molar-refractivity contribution in [3.8, 4) is 0 Å². The Labute approximate surface area is 137 Å². The van der Waals surface area contributed by atoms with Crippen molar-refractivity contribution in [1.29, 1.82) is 0 Å². The molecule has 0 bridgehead atoms. The number of nitrogens with one attached hydrogen (secondary N) is 2. The molecule has 1 heterocycles. The average Bonchev–Trinajstić information content (AvgIpc) is 2.78. The molecule has 4 atom stereocenters. The lowest BCUT2D eigenvalue weighted by atomic mass is 9.78. The molecule has 1 aromatic carbocycles. The molecule has 1 aliphatic heterocycles. The molecule has 1 aliphatic carbocycles. The van der Waals surface area contributed by atoms with E-state index in [2.05, 4.69) is 23.9 Å². The van der Waals surface area contributed by atoms with E-state index in [1.807, 2.05) is 0 Å². The van der Waals surface area contributed by atoms with Crippen molar-refractivity contribution in [3.63, 3.8) is 0 Å². The van der Waals surface area contributed by atoms with Gasteiger partial charge in [-0.1, -0.05) is 26.7 Å². The molecule has 1 aromatic rings. The molecule has 1 fully saturated rings. The first kappa shape index (κ1) is 16.5. The van der Waals surface area contributed by atoms with Gasteiger partial charge in [-0.05, 0) is 48.9 Å². The first-order valence-electron chi connectivity index (χ1n) is 8.26. The average molecular weight is 336 g/mol. The van der Waals surface area contributed by atoms with Crippen LogP contribution in [0.25, 0.3) is 0 Å². The molecule has 0 radical (unpaired) electrons. The first-order valence-corrected chi connectivity index (χ1v) is 9.75. The summed E-state index contributed by atoms with van der Waals surface area (Å²) in [6.07, 6.45) is 3.09. The third-order valence-corrected chi connectivity index (χ3v) is 6.95. The van der Waals surface area contributed by atoms with Gasteiger partial charge in [-0.15, -0.1) is 0 Å². The number of amides is 1. The molecular weight excluding hydrogens is 312 g/mol. The number of benzene rings is 1. The van der Waals surface area contributed by atoms with Gasteiger partial charge in [0.2, 0.25) is 15.9 Å². The Morgan fingerprint density at radius 2 is 1.91 bits per heavy atom. The molecule has 2 N–H and O–H groups in total. The highest BCUT2D eigenvalue weighted by Crippen LogP contribution is 2.34.